The van der Waals surface area contributed by atoms with E-state index in [9.17, 15) is 14.4 Å². The van der Waals surface area contributed by atoms with Crippen molar-refractivity contribution in [3.8, 4) is 5.75 Å². The standard InChI is InChI=1S/C23H36N4O5/c1-23(2,3)20(25-22(30)24-17-10-7-11-18(14-17)32-4)21(29)27(15-19(28)26-31)13-12-16-8-5-6-9-16/h7,10-11,14,16,20,31H,5-6,8-9,12-13,15H2,1-4H3,(H,26,28)(H2,24,25,30)/t20-/m1/s1. The molecule has 4 amide bonds. The molecule has 1 aromatic carbocycles. The third-order valence-electron chi connectivity index (χ3n) is 5.77. The molecule has 0 radical (unpaired) electrons. The van der Waals surface area contributed by atoms with Crippen LogP contribution in [0.3, 0.4) is 0 Å². The second-order valence-corrected chi connectivity index (χ2v) is 9.36. The molecule has 0 unspecified atom stereocenters. The molecule has 1 aliphatic carbocycles. The molecule has 0 bridgehead atoms. The normalized spacial score (nSPS) is 15.0. The number of hydrogen-bond donors (Lipinski definition) is 4. The van der Waals surface area contributed by atoms with Crippen LogP contribution in [0.25, 0.3) is 0 Å². The third kappa shape index (κ3) is 7.71. The molecule has 1 fully saturated rings. The number of amides is 4. The van der Waals surface area contributed by atoms with Gasteiger partial charge in [0, 0.05) is 18.3 Å². The van der Waals surface area contributed by atoms with E-state index in [-0.39, 0.29) is 12.5 Å². The van der Waals surface area contributed by atoms with Gasteiger partial charge in [-0.05, 0) is 29.9 Å². The fourth-order valence-electron chi connectivity index (χ4n) is 3.94. The highest BCUT2D eigenvalue weighted by atomic mass is 16.5. The summed E-state index contributed by atoms with van der Waals surface area (Å²) in [6, 6.07) is 5.50. The van der Waals surface area contributed by atoms with E-state index < -0.39 is 23.4 Å². The lowest BCUT2D eigenvalue weighted by atomic mass is 9.85. The molecule has 1 saturated carbocycles. The summed E-state index contributed by atoms with van der Waals surface area (Å²) in [6.07, 6.45) is 5.41. The molecule has 9 heteroatoms. The van der Waals surface area contributed by atoms with E-state index in [2.05, 4.69) is 10.6 Å². The molecule has 2 rings (SSSR count). The van der Waals surface area contributed by atoms with Crippen molar-refractivity contribution in [3.63, 3.8) is 0 Å². The van der Waals surface area contributed by atoms with Crippen LogP contribution >= 0.6 is 0 Å². The second kappa shape index (κ2) is 11.7. The molecule has 0 spiro atoms. The van der Waals surface area contributed by atoms with Gasteiger partial charge < -0.3 is 20.3 Å². The van der Waals surface area contributed by atoms with Gasteiger partial charge in [-0.2, -0.15) is 0 Å². The summed E-state index contributed by atoms with van der Waals surface area (Å²) in [5.41, 5.74) is 1.52. The molecule has 178 valence electrons. The first kappa shape index (κ1) is 25.5. The number of methoxy groups -OCH3 is 1. The van der Waals surface area contributed by atoms with Gasteiger partial charge in [0.25, 0.3) is 5.91 Å². The monoisotopic (exact) mass is 448 g/mol. The number of carbonyl (C=O) groups is 3. The Morgan fingerprint density at radius 3 is 2.50 bits per heavy atom. The molecule has 32 heavy (non-hydrogen) atoms. The Kier molecular flexibility index (Phi) is 9.31. The third-order valence-corrected chi connectivity index (χ3v) is 5.77. The summed E-state index contributed by atoms with van der Waals surface area (Å²) in [6.45, 7) is 5.67. The lowest BCUT2D eigenvalue weighted by Crippen LogP contribution is -2.57. The molecule has 1 aromatic rings. The first-order valence-electron chi connectivity index (χ1n) is 11.1. The van der Waals surface area contributed by atoms with Gasteiger partial charge in [0.05, 0.1) is 7.11 Å². The average Bonchev–Trinajstić information content (AvgIpc) is 3.27. The van der Waals surface area contributed by atoms with Crippen molar-refractivity contribution in [1.82, 2.24) is 15.7 Å². The van der Waals surface area contributed by atoms with Crippen molar-refractivity contribution in [2.75, 3.05) is 25.5 Å². The molecule has 0 aromatic heterocycles. The Morgan fingerprint density at radius 1 is 1.22 bits per heavy atom. The van der Waals surface area contributed by atoms with Crippen LogP contribution in [0.4, 0.5) is 10.5 Å². The van der Waals surface area contributed by atoms with Crippen LogP contribution in [0, 0.1) is 11.3 Å². The molecule has 9 nitrogen and oxygen atoms in total. The Morgan fingerprint density at radius 2 is 1.91 bits per heavy atom. The zero-order chi connectivity index (χ0) is 23.7. The number of nitrogens with zero attached hydrogens (tertiary/aromatic N) is 1. The highest BCUT2D eigenvalue weighted by Gasteiger charge is 2.36. The maximum atomic E-state index is 13.4. The van der Waals surface area contributed by atoms with Crippen LogP contribution in [-0.2, 0) is 9.59 Å². The van der Waals surface area contributed by atoms with Gasteiger partial charge in [0.2, 0.25) is 5.91 Å². The molecule has 4 N–H and O–H groups in total. The lowest BCUT2D eigenvalue weighted by Gasteiger charge is -2.35. The molecular formula is C23H36N4O5. The number of hydrogen-bond acceptors (Lipinski definition) is 5. The Labute approximate surface area is 189 Å². The Hall–Kier alpha value is -2.81. The summed E-state index contributed by atoms with van der Waals surface area (Å²) in [5.74, 6) is 0.0948. The van der Waals surface area contributed by atoms with Gasteiger partial charge >= 0.3 is 6.03 Å². The highest BCUT2D eigenvalue weighted by molar-refractivity contribution is 5.95. The van der Waals surface area contributed by atoms with Crippen LogP contribution in [-0.4, -0.2) is 54.2 Å². The van der Waals surface area contributed by atoms with Crippen molar-refractivity contribution < 1.29 is 24.3 Å². The van der Waals surface area contributed by atoms with Gasteiger partial charge in [-0.25, -0.2) is 10.3 Å². The number of rotatable bonds is 9. The minimum atomic E-state index is -0.872. The van der Waals surface area contributed by atoms with E-state index in [1.54, 1.807) is 29.7 Å². The predicted octanol–water partition coefficient (Wildman–Crippen LogP) is 3.15. The Bertz CT molecular complexity index is 787. The molecular weight excluding hydrogens is 412 g/mol. The predicted molar refractivity (Wildman–Crippen MR) is 121 cm³/mol. The largest absolute Gasteiger partial charge is 0.497 e. The summed E-state index contributed by atoms with van der Waals surface area (Å²) < 4.78 is 5.17. The van der Waals surface area contributed by atoms with Gasteiger partial charge in [-0.3, -0.25) is 14.8 Å². The number of anilines is 1. The number of urea groups is 1. The topological polar surface area (TPSA) is 120 Å². The fourth-order valence-corrected chi connectivity index (χ4v) is 3.94. The van der Waals surface area contributed by atoms with Crippen LogP contribution in [0.1, 0.15) is 52.9 Å². The van der Waals surface area contributed by atoms with Crippen LogP contribution < -0.4 is 20.9 Å². The minimum absolute atomic E-state index is 0.270. The van der Waals surface area contributed by atoms with E-state index in [1.807, 2.05) is 20.8 Å². The quantitative estimate of drug-likeness (QED) is 0.342. The molecule has 0 aliphatic heterocycles. The van der Waals surface area contributed by atoms with Crippen LogP contribution in [0.5, 0.6) is 5.75 Å². The first-order chi connectivity index (χ1) is 15.1. The minimum Gasteiger partial charge on any atom is -0.497 e. The number of ether oxygens (including phenoxy) is 1. The van der Waals surface area contributed by atoms with Gasteiger partial charge in [-0.1, -0.05) is 52.5 Å². The SMILES string of the molecule is COc1cccc(NC(=O)N[C@H](C(=O)N(CCC2CCCC2)CC(=O)NO)C(C)(C)C)c1. The van der Waals surface area contributed by atoms with Crippen LogP contribution in [0.2, 0.25) is 0 Å². The molecule has 0 heterocycles. The van der Waals surface area contributed by atoms with E-state index in [0.717, 1.165) is 19.3 Å². The van der Waals surface area contributed by atoms with Gasteiger partial charge in [0.15, 0.2) is 0 Å². The molecule has 1 atom stereocenters. The van der Waals surface area contributed by atoms with Crippen molar-refractivity contribution >= 4 is 23.5 Å². The number of nitrogens with one attached hydrogen (secondary N) is 3. The lowest BCUT2D eigenvalue weighted by molar-refractivity contribution is -0.142. The summed E-state index contributed by atoms with van der Waals surface area (Å²) in [4.78, 5) is 39.4. The average molecular weight is 449 g/mol. The zero-order valence-electron chi connectivity index (χ0n) is 19.4. The van der Waals surface area contributed by atoms with E-state index in [1.165, 1.54) is 24.9 Å². The maximum absolute atomic E-state index is 13.4. The van der Waals surface area contributed by atoms with E-state index in [4.69, 9.17) is 9.94 Å². The van der Waals surface area contributed by atoms with Crippen molar-refractivity contribution in [2.24, 2.45) is 11.3 Å². The Balaban J connectivity index is 2.12. The van der Waals surface area contributed by atoms with E-state index in [0.29, 0.717) is 23.9 Å². The summed E-state index contributed by atoms with van der Waals surface area (Å²) in [5, 5.41) is 14.5. The number of carbonyl (C=O) groups excluding carboxylic acids is 3. The smallest absolute Gasteiger partial charge is 0.319 e. The summed E-state index contributed by atoms with van der Waals surface area (Å²) >= 11 is 0. The maximum Gasteiger partial charge on any atom is 0.319 e. The van der Waals surface area contributed by atoms with Crippen molar-refractivity contribution in [2.45, 2.75) is 58.9 Å². The molecule has 1 aliphatic rings. The van der Waals surface area contributed by atoms with Gasteiger partial charge in [-0.15, -0.1) is 0 Å². The zero-order valence-corrected chi connectivity index (χ0v) is 19.4. The highest BCUT2D eigenvalue weighted by Crippen LogP contribution is 2.28. The van der Waals surface area contributed by atoms with Crippen molar-refractivity contribution in [3.05, 3.63) is 24.3 Å². The van der Waals surface area contributed by atoms with Crippen molar-refractivity contribution in [1.29, 1.82) is 0 Å². The first-order valence-corrected chi connectivity index (χ1v) is 11.1. The number of benzene rings is 1. The van der Waals surface area contributed by atoms with E-state index >= 15 is 0 Å². The van der Waals surface area contributed by atoms with Gasteiger partial charge in [0.1, 0.15) is 18.3 Å². The number of hydroxylamine groups is 1. The second-order valence-electron chi connectivity index (χ2n) is 9.36. The van der Waals surface area contributed by atoms with Crippen LogP contribution in [0.15, 0.2) is 24.3 Å². The fraction of sp³-hybridized carbons (Fsp3) is 0.609. The summed E-state index contributed by atoms with van der Waals surface area (Å²) in [7, 11) is 1.54. The molecule has 0 saturated heterocycles.